The number of hydrogen-bond donors (Lipinski definition) is 0. The van der Waals surface area contributed by atoms with Crippen molar-refractivity contribution in [2.24, 2.45) is 7.05 Å². The summed E-state index contributed by atoms with van der Waals surface area (Å²) in [7, 11) is 2.05. The molecule has 0 amide bonds. The summed E-state index contributed by atoms with van der Waals surface area (Å²) in [6, 6.07) is 18.0. The van der Waals surface area contributed by atoms with Crippen LogP contribution in [0.1, 0.15) is 11.3 Å². The van der Waals surface area contributed by atoms with E-state index in [1.807, 2.05) is 42.5 Å². The molecular weight excluding hydrogens is 428 g/mol. The molecular formula is C18H14Cl2IN. The van der Waals surface area contributed by atoms with E-state index in [4.69, 9.17) is 23.2 Å². The molecule has 0 spiro atoms. The molecule has 1 aromatic heterocycles. The number of pyridine rings is 1. The predicted molar refractivity (Wildman–Crippen MR) is 90.5 cm³/mol. The van der Waals surface area contributed by atoms with Crippen molar-refractivity contribution in [3.05, 3.63) is 75.9 Å². The van der Waals surface area contributed by atoms with E-state index in [0.717, 1.165) is 11.3 Å². The van der Waals surface area contributed by atoms with Gasteiger partial charge in [0.1, 0.15) is 7.05 Å². The van der Waals surface area contributed by atoms with Gasteiger partial charge in [0.2, 0.25) is 11.2 Å². The highest BCUT2D eigenvalue weighted by atomic mass is 127. The van der Waals surface area contributed by atoms with Gasteiger partial charge in [0, 0.05) is 39.2 Å². The summed E-state index contributed by atoms with van der Waals surface area (Å²) in [5.41, 5.74) is 3.11. The van der Waals surface area contributed by atoms with Crippen molar-refractivity contribution in [2.75, 3.05) is 0 Å². The molecule has 0 atom stereocenters. The van der Waals surface area contributed by atoms with E-state index in [0.29, 0.717) is 10.0 Å². The third kappa shape index (κ3) is 3.45. The van der Waals surface area contributed by atoms with Gasteiger partial charge in [0.05, 0.1) is 0 Å². The van der Waals surface area contributed by atoms with Crippen LogP contribution in [0.25, 0.3) is 23.1 Å². The maximum absolute atomic E-state index is 6.19. The second kappa shape index (κ2) is 7.44. The Labute approximate surface area is 157 Å². The van der Waals surface area contributed by atoms with E-state index in [-0.39, 0.29) is 24.0 Å². The third-order valence-electron chi connectivity index (χ3n) is 3.54. The maximum atomic E-state index is 6.19. The lowest BCUT2D eigenvalue weighted by Gasteiger charge is -2.02. The molecule has 3 rings (SSSR count). The molecule has 0 N–H and O–H groups in total. The van der Waals surface area contributed by atoms with E-state index >= 15 is 0 Å². The van der Waals surface area contributed by atoms with Gasteiger partial charge in [-0.15, -0.1) is 0 Å². The number of hydrogen-bond acceptors (Lipinski definition) is 0. The summed E-state index contributed by atoms with van der Waals surface area (Å²) >= 11 is 12.4. The van der Waals surface area contributed by atoms with E-state index in [2.05, 4.69) is 35.9 Å². The smallest absolute Gasteiger partial charge is 0.212 e. The van der Waals surface area contributed by atoms with Crippen molar-refractivity contribution in [1.29, 1.82) is 0 Å². The van der Waals surface area contributed by atoms with Crippen LogP contribution in [-0.4, -0.2) is 0 Å². The van der Waals surface area contributed by atoms with Crippen LogP contribution in [0, 0.1) is 0 Å². The molecule has 0 saturated heterocycles. The lowest BCUT2D eigenvalue weighted by Crippen LogP contribution is -3.00. The van der Waals surface area contributed by atoms with Gasteiger partial charge in [-0.1, -0.05) is 41.4 Å². The van der Waals surface area contributed by atoms with Crippen molar-refractivity contribution in [3.63, 3.8) is 0 Å². The Morgan fingerprint density at radius 3 is 2.23 bits per heavy atom. The molecule has 0 fully saturated rings. The minimum absolute atomic E-state index is 0. The molecule has 0 saturated carbocycles. The number of para-hydroxylation sites is 1. The van der Waals surface area contributed by atoms with Crippen LogP contribution in [0.2, 0.25) is 10.0 Å². The zero-order chi connectivity index (χ0) is 14.8. The first kappa shape index (κ1) is 17.3. The minimum Gasteiger partial charge on any atom is -1.00 e. The fourth-order valence-corrected chi connectivity index (χ4v) is 2.89. The quantitative estimate of drug-likeness (QED) is 0.423. The van der Waals surface area contributed by atoms with Crippen LogP contribution in [0.4, 0.5) is 0 Å². The van der Waals surface area contributed by atoms with Gasteiger partial charge in [-0.05, 0) is 30.3 Å². The average Bonchev–Trinajstić information content (AvgIpc) is 2.49. The largest absolute Gasteiger partial charge is 1.00 e. The van der Waals surface area contributed by atoms with Gasteiger partial charge >= 0.3 is 0 Å². The van der Waals surface area contributed by atoms with Crippen molar-refractivity contribution < 1.29 is 28.5 Å². The maximum Gasteiger partial charge on any atom is 0.212 e. The van der Waals surface area contributed by atoms with Gasteiger partial charge in [-0.3, -0.25) is 0 Å². The summed E-state index contributed by atoms with van der Waals surface area (Å²) in [5, 5.41) is 2.53. The topological polar surface area (TPSA) is 3.88 Å². The highest BCUT2D eigenvalue weighted by Crippen LogP contribution is 2.26. The molecule has 1 heterocycles. The molecule has 2 aromatic carbocycles. The van der Waals surface area contributed by atoms with Crippen LogP contribution < -0.4 is 28.5 Å². The van der Waals surface area contributed by atoms with Gasteiger partial charge in [-0.25, -0.2) is 0 Å². The fraction of sp³-hybridized carbons (Fsp3) is 0.0556. The molecule has 0 bridgehead atoms. The summed E-state index contributed by atoms with van der Waals surface area (Å²) in [6.45, 7) is 0. The Morgan fingerprint density at radius 1 is 0.818 bits per heavy atom. The Bertz CT molecular complexity index is 823. The molecule has 0 radical (unpaired) electrons. The highest BCUT2D eigenvalue weighted by Gasteiger charge is 2.09. The Morgan fingerprint density at radius 2 is 1.50 bits per heavy atom. The van der Waals surface area contributed by atoms with Crippen LogP contribution in [-0.2, 0) is 7.05 Å². The summed E-state index contributed by atoms with van der Waals surface area (Å²) < 4.78 is 2.15. The summed E-state index contributed by atoms with van der Waals surface area (Å²) in [4.78, 5) is 0. The van der Waals surface area contributed by atoms with Crippen LogP contribution >= 0.6 is 23.2 Å². The van der Waals surface area contributed by atoms with Crippen LogP contribution in [0.3, 0.4) is 0 Å². The summed E-state index contributed by atoms with van der Waals surface area (Å²) in [5.74, 6) is 0. The fourth-order valence-electron chi connectivity index (χ4n) is 2.37. The van der Waals surface area contributed by atoms with Crippen LogP contribution in [0.5, 0.6) is 0 Å². The van der Waals surface area contributed by atoms with Gasteiger partial charge in [0.25, 0.3) is 0 Å². The monoisotopic (exact) mass is 441 g/mol. The number of nitrogens with zero attached hydrogens (tertiary/aromatic N) is 1. The molecule has 0 unspecified atom stereocenters. The van der Waals surface area contributed by atoms with E-state index < -0.39 is 0 Å². The number of aryl methyl sites for hydroxylation is 1. The first-order valence-corrected chi connectivity index (χ1v) is 7.42. The van der Waals surface area contributed by atoms with Gasteiger partial charge in [0.15, 0.2) is 0 Å². The Balaban J connectivity index is 0.00000176. The van der Waals surface area contributed by atoms with E-state index in [9.17, 15) is 0 Å². The SMILES string of the molecule is C[n+]1c(C=Cc2c(Cl)cccc2Cl)ccc2ccccc21.[I-]. The molecule has 112 valence electrons. The lowest BCUT2D eigenvalue weighted by molar-refractivity contribution is -0.646. The number of fused-ring (bicyclic) bond motifs is 1. The molecule has 22 heavy (non-hydrogen) atoms. The first-order valence-electron chi connectivity index (χ1n) is 6.67. The molecule has 4 heteroatoms. The van der Waals surface area contributed by atoms with Crippen molar-refractivity contribution in [3.8, 4) is 0 Å². The van der Waals surface area contributed by atoms with E-state index in [1.165, 1.54) is 10.9 Å². The highest BCUT2D eigenvalue weighted by molar-refractivity contribution is 6.37. The normalized spacial score (nSPS) is 10.9. The van der Waals surface area contributed by atoms with Crippen molar-refractivity contribution in [1.82, 2.24) is 0 Å². The zero-order valence-electron chi connectivity index (χ0n) is 11.9. The van der Waals surface area contributed by atoms with Gasteiger partial charge < -0.3 is 24.0 Å². The standard InChI is InChI=1S/C18H14Cl2N.HI/c1-21-14(10-9-13-5-2-3-8-18(13)21)11-12-15-16(19)6-4-7-17(15)20;/h2-12H,1H3;1H/q+1;/p-1. The third-order valence-corrected chi connectivity index (χ3v) is 4.20. The Kier molecular flexibility index (Phi) is 5.84. The minimum atomic E-state index is 0. The molecule has 0 aliphatic rings. The zero-order valence-corrected chi connectivity index (χ0v) is 15.6. The predicted octanol–water partition coefficient (Wildman–Crippen LogP) is 2.15. The van der Waals surface area contributed by atoms with Gasteiger partial charge in [-0.2, -0.15) is 4.57 Å². The molecule has 0 aliphatic heterocycles. The number of rotatable bonds is 2. The van der Waals surface area contributed by atoms with Crippen molar-refractivity contribution >= 4 is 46.3 Å². The first-order chi connectivity index (χ1) is 10.2. The van der Waals surface area contributed by atoms with Crippen LogP contribution in [0.15, 0.2) is 54.6 Å². The number of benzene rings is 2. The second-order valence-corrected chi connectivity index (χ2v) is 5.66. The Hall–Kier alpha value is -1.10. The second-order valence-electron chi connectivity index (χ2n) is 4.84. The number of halogens is 3. The molecule has 0 aliphatic carbocycles. The average molecular weight is 442 g/mol. The molecule has 1 nitrogen and oxygen atoms in total. The lowest BCUT2D eigenvalue weighted by atomic mass is 10.1. The molecule has 3 aromatic rings. The van der Waals surface area contributed by atoms with Crippen molar-refractivity contribution in [2.45, 2.75) is 0 Å². The van der Waals surface area contributed by atoms with E-state index in [1.54, 1.807) is 0 Å². The summed E-state index contributed by atoms with van der Waals surface area (Å²) in [6.07, 6.45) is 3.98. The number of aromatic nitrogens is 1.